The van der Waals surface area contributed by atoms with Gasteiger partial charge < -0.3 is 0 Å². The van der Waals surface area contributed by atoms with Crippen LogP contribution in [0.15, 0.2) is 22.7 Å². The summed E-state index contributed by atoms with van der Waals surface area (Å²) in [7, 11) is 0. The molecule has 4 heteroatoms. The summed E-state index contributed by atoms with van der Waals surface area (Å²) in [6, 6.07) is 6.43. The van der Waals surface area contributed by atoms with Gasteiger partial charge in [0.15, 0.2) is 0 Å². The quantitative estimate of drug-likeness (QED) is 0.714. The molecule has 0 spiro atoms. The van der Waals surface area contributed by atoms with Crippen LogP contribution >= 0.6 is 15.9 Å². The molecule has 1 nitrogen and oxygen atoms in total. The van der Waals surface area contributed by atoms with E-state index in [1.165, 1.54) is 11.1 Å². The molecule has 1 heterocycles. The van der Waals surface area contributed by atoms with Crippen molar-refractivity contribution in [1.82, 2.24) is 4.90 Å². The van der Waals surface area contributed by atoms with Crippen molar-refractivity contribution in [3.05, 3.63) is 33.8 Å². The van der Waals surface area contributed by atoms with E-state index in [0.717, 1.165) is 23.9 Å². The summed E-state index contributed by atoms with van der Waals surface area (Å²) in [6.45, 7) is 0.718. The lowest BCUT2D eigenvalue weighted by Gasteiger charge is -2.36. The zero-order valence-corrected chi connectivity index (χ0v) is 11.7. The van der Waals surface area contributed by atoms with Crippen LogP contribution in [0.4, 0.5) is 8.78 Å². The molecule has 1 aliphatic heterocycles. The monoisotopic (exact) mass is 331 g/mol. The van der Waals surface area contributed by atoms with E-state index in [0.29, 0.717) is 6.42 Å². The molecular weight excluding hydrogens is 312 g/mol. The van der Waals surface area contributed by atoms with E-state index in [4.69, 9.17) is 0 Å². The van der Waals surface area contributed by atoms with Crippen LogP contribution in [-0.2, 0) is 6.42 Å². The minimum absolute atomic E-state index is 0. The lowest BCUT2D eigenvalue weighted by atomic mass is 10.0. The maximum Gasteiger partial charge on any atom is 0.260 e. The second kappa shape index (κ2) is 5.49. The molecule has 1 atom stereocenters. The SMILES string of the molecule is C.FC1(F)CCCN(C2CCc3ccc(Br)cc32)C1. The van der Waals surface area contributed by atoms with E-state index in [1.54, 1.807) is 0 Å². The Bertz CT molecular complexity index is 461. The Balaban J connectivity index is 0.00000133. The van der Waals surface area contributed by atoms with Crippen LogP contribution in [-0.4, -0.2) is 23.9 Å². The van der Waals surface area contributed by atoms with Gasteiger partial charge >= 0.3 is 0 Å². The van der Waals surface area contributed by atoms with Gasteiger partial charge in [0.05, 0.1) is 6.54 Å². The van der Waals surface area contributed by atoms with E-state index in [1.807, 2.05) is 11.0 Å². The number of rotatable bonds is 1. The number of piperidine rings is 1. The molecule has 1 saturated heterocycles. The number of likely N-dealkylation sites (tertiary alicyclic amines) is 1. The van der Waals surface area contributed by atoms with Gasteiger partial charge in [-0.25, -0.2) is 8.78 Å². The van der Waals surface area contributed by atoms with E-state index >= 15 is 0 Å². The van der Waals surface area contributed by atoms with Crippen molar-refractivity contribution in [2.45, 2.75) is 45.1 Å². The van der Waals surface area contributed by atoms with Gasteiger partial charge in [0, 0.05) is 16.9 Å². The maximum atomic E-state index is 13.5. The molecule has 0 N–H and O–H groups in total. The molecule has 0 bridgehead atoms. The molecule has 0 aromatic heterocycles. The minimum Gasteiger partial charge on any atom is -0.290 e. The summed E-state index contributed by atoms with van der Waals surface area (Å²) in [5.74, 6) is -2.51. The van der Waals surface area contributed by atoms with Crippen molar-refractivity contribution in [1.29, 1.82) is 0 Å². The molecule has 3 rings (SSSR count). The first kappa shape index (κ1) is 14.9. The fraction of sp³-hybridized carbons (Fsp3) is 0.600. The number of alkyl halides is 2. The van der Waals surface area contributed by atoms with Crippen LogP contribution in [0.3, 0.4) is 0 Å². The summed E-state index contributed by atoms with van der Waals surface area (Å²) >= 11 is 3.47. The van der Waals surface area contributed by atoms with Crippen LogP contribution in [0, 0.1) is 0 Å². The third kappa shape index (κ3) is 3.00. The number of hydrogen-bond donors (Lipinski definition) is 0. The van der Waals surface area contributed by atoms with Crippen LogP contribution in [0.25, 0.3) is 0 Å². The maximum absolute atomic E-state index is 13.5. The highest BCUT2D eigenvalue weighted by atomic mass is 79.9. The predicted molar refractivity (Wildman–Crippen MR) is 77.7 cm³/mol. The highest BCUT2D eigenvalue weighted by Gasteiger charge is 2.39. The third-order valence-electron chi connectivity index (χ3n) is 4.02. The van der Waals surface area contributed by atoms with E-state index in [9.17, 15) is 8.78 Å². The Morgan fingerprint density at radius 3 is 2.84 bits per heavy atom. The van der Waals surface area contributed by atoms with Crippen molar-refractivity contribution in [3.8, 4) is 0 Å². The average molecular weight is 332 g/mol. The van der Waals surface area contributed by atoms with Gasteiger partial charge in [-0.3, -0.25) is 4.90 Å². The first-order valence-corrected chi connectivity index (χ1v) is 7.25. The Labute approximate surface area is 122 Å². The molecule has 106 valence electrons. The molecule has 0 saturated carbocycles. The largest absolute Gasteiger partial charge is 0.290 e. The molecular formula is C15H20BrF2N. The highest BCUT2D eigenvalue weighted by molar-refractivity contribution is 9.10. The standard InChI is InChI=1S/C14H16BrF2N.CH4/c15-11-4-2-10-3-5-13(12(10)8-11)18-7-1-6-14(16,17)9-18;/h2,4,8,13H,1,3,5-7,9H2;1H4. The van der Waals surface area contributed by atoms with Crippen molar-refractivity contribution in [2.75, 3.05) is 13.1 Å². The summed E-state index contributed by atoms with van der Waals surface area (Å²) in [6.07, 6.45) is 2.63. The van der Waals surface area contributed by atoms with Gasteiger partial charge in [-0.15, -0.1) is 0 Å². The average Bonchev–Trinajstić information content (AvgIpc) is 2.70. The first-order valence-electron chi connectivity index (χ1n) is 6.45. The smallest absolute Gasteiger partial charge is 0.260 e. The normalized spacial score (nSPS) is 25.7. The molecule has 1 aromatic rings. The number of nitrogens with zero attached hydrogens (tertiary/aromatic N) is 1. The Morgan fingerprint density at radius 1 is 1.32 bits per heavy atom. The summed E-state index contributed by atoms with van der Waals surface area (Å²) in [5, 5.41) is 0. The second-order valence-corrected chi connectivity index (χ2v) is 6.24. The van der Waals surface area contributed by atoms with Gasteiger partial charge in [0.1, 0.15) is 0 Å². The van der Waals surface area contributed by atoms with Crippen molar-refractivity contribution >= 4 is 15.9 Å². The fourth-order valence-corrected chi connectivity index (χ4v) is 3.57. The molecule has 1 aromatic carbocycles. The highest BCUT2D eigenvalue weighted by Crippen LogP contribution is 2.40. The molecule has 0 radical (unpaired) electrons. The number of hydrogen-bond acceptors (Lipinski definition) is 1. The van der Waals surface area contributed by atoms with Crippen LogP contribution in [0.2, 0.25) is 0 Å². The van der Waals surface area contributed by atoms with Gasteiger partial charge in [-0.1, -0.05) is 29.4 Å². The van der Waals surface area contributed by atoms with E-state index in [-0.39, 0.29) is 26.4 Å². The fourth-order valence-electron chi connectivity index (χ4n) is 3.19. The zero-order valence-electron chi connectivity index (χ0n) is 10.1. The van der Waals surface area contributed by atoms with E-state index in [2.05, 4.69) is 28.1 Å². The van der Waals surface area contributed by atoms with E-state index < -0.39 is 5.92 Å². The summed E-state index contributed by atoms with van der Waals surface area (Å²) in [4.78, 5) is 1.97. The molecule has 2 aliphatic rings. The summed E-state index contributed by atoms with van der Waals surface area (Å²) < 4.78 is 28.1. The lowest BCUT2D eigenvalue weighted by Crippen LogP contribution is -2.43. The second-order valence-electron chi connectivity index (χ2n) is 5.33. The lowest BCUT2D eigenvalue weighted by molar-refractivity contribution is -0.0753. The van der Waals surface area contributed by atoms with Crippen LogP contribution in [0.1, 0.15) is 43.9 Å². The van der Waals surface area contributed by atoms with Crippen molar-refractivity contribution in [2.24, 2.45) is 0 Å². The number of halogens is 3. The Hall–Kier alpha value is -0.480. The van der Waals surface area contributed by atoms with Crippen LogP contribution < -0.4 is 0 Å². The van der Waals surface area contributed by atoms with Gasteiger partial charge in [-0.2, -0.15) is 0 Å². The van der Waals surface area contributed by atoms with Crippen molar-refractivity contribution < 1.29 is 8.78 Å². The van der Waals surface area contributed by atoms with Gasteiger partial charge in [0.25, 0.3) is 5.92 Å². The molecule has 1 fully saturated rings. The topological polar surface area (TPSA) is 3.24 Å². The number of benzene rings is 1. The zero-order chi connectivity index (χ0) is 12.8. The minimum atomic E-state index is -2.51. The number of fused-ring (bicyclic) bond motifs is 1. The Morgan fingerprint density at radius 2 is 2.11 bits per heavy atom. The number of aryl methyl sites for hydroxylation is 1. The predicted octanol–water partition coefficient (Wildman–Crippen LogP) is 4.80. The molecule has 0 amide bonds. The van der Waals surface area contributed by atoms with Gasteiger partial charge in [-0.05, 0) is 49.1 Å². The summed E-state index contributed by atoms with van der Waals surface area (Å²) in [5.41, 5.74) is 2.55. The Kier molecular flexibility index (Phi) is 4.31. The molecule has 1 aliphatic carbocycles. The molecule has 1 unspecified atom stereocenters. The first-order chi connectivity index (χ1) is 8.55. The molecule has 19 heavy (non-hydrogen) atoms. The van der Waals surface area contributed by atoms with Gasteiger partial charge in [0.2, 0.25) is 0 Å². The third-order valence-corrected chi connectivity index (χ3v) is 4.51. The van der Waals surface area contributed by atoms with Crippen LogP contribution in [0.5, 0.6) is 0 Å². The van der Waals surface area contributed by atoms with Crippen molar-refractivity contribution in [3.63, 3.8) is 0 Å².